The van der Waals surface area contributed by atoms with Gasteiger partial charge < -0.3 is 4.90 Å². The smallest absolute Gasteiger partial charge is 0.270 e. The molecule has 2 fully saturated rings. The molecule has 0 saturated carbocycles. The number of anilines is 1. The average molecular weight is 516 g/mol. The van der Waals surface area contributed by atoms with Crippen molar-refractivity contribution in [3.8, 4) is 0 Å². The Balaban J connectivity index is 1.39. The summed E-state index contributed by atoms with van der Waals surface area (Å²) in [4.78, 5) is 56.4. The van der Waals surface area contributed by atoms with E-state index in [2.05, 4.69) is 0 Å². The minimum Gasteiger partial charge on any atom is -0.358 e. The van der Waals surface area contributed by atoms with Crippen LogP contribution in [0, 0.1) is 22.0 Å². The number of fused-ring (bicyclic) bond motifs is 6. The van der Waals surface area contributed by atoms with Crippen LogP contribution in [0.4, 0.5) is 11.4 Å². The number of non-ortho nitro benzene ring substituents is 1. The maximum absolute atomic E-state index is 14.2. The Bertz CT molecular complexity index is 1760. The molecule has 3 heterocycles. The first-order valence-electron chi connectivity index (χ1n) is 12.6. The van der Waals surface area contributed by atoms with Gasteiger partial charge in [-0.2, -0.15) is 0 Å². The van der Waals surface area contributed by atoms with E-state index in [1.165, 1.54) is 29.2 Å². The number of amides is 2. The third-order valence-corrected chi connectivity index (χ3v) is 8.08. The van der Waals surface area contributed by atoms with E-state index in [9.17, 15) is 24.5 Å². The molecule has 0 spiro atoms. The Labute approximate surface area is 222 Å². The van der Waals surface area contributed by atoms with Crippen molar-refractivity contribution in [1.29, 1.82) is 0 Å². The summed E-state index contributed by atoms with van der Waals surface area (Å²) in [6, 6.07) is 24.7. The monoisotopic (exact) mass is 515 g/mol. The van der Waals surface area contributed by atoms with Crippen LogP contribution in [0.25, 0.3) is 16.8 Å². The van der Waals surface area contributed by atoms with E-state index < -0.39 is 40.5 Å². The van der Waals surface area contributed by atoms with Gasteiger partial charge in [0.2, 0.25) is 11.8 Å². The molecular weight excluding hydrogens is 494 g/mol. The lowest BCUT2D eigenvalue weighted by atomic mass is 9.83. The Morgan fingerprint density at radius 1 is 0.821 bits per heavy atom. The summed E-state index contributed by atoms with van der Waals surface area (Å²) in [5, 5.41) is 13.1. The summed E-state index contributed by atoms with van der Waals surface area (Å²) >= 11 is 0. The van der Waals surface area contributed by atoms with Crippen LogP contribution in [0.1, 0.15) is 27.5 Å². The predicted octanol–water partition coefficient (Wildman–Crippen LogP) is 5.15. The molecule has 4 atom stereocenters. The van der Waals surface area contributed by atoms with Crippen LogP contribution in [0.2, 0.25) is 0 Å². The lowest BCUT2D eigenvalue weighted by Gasteiger charge is -2.35. The lowest BCUT2D eigenvalue weighted by molar-refractivity contribution is -0.384. The van der Waals surface area contributed by atoms with Crippen molar-refractivity contribution in [2.24, 2.45) is 11.8 Å². The molecule has 3 aliphatic heterocycles. The van der Waals surface area contributed by atoms with Crippen LogP contribution in [-0.4, -0.2) is 33.5 Å². The molecular formula is C31H21N3O5. The molecule has 4 aromatic carbocycles. The second kappa shape index (κ2) is 8.46. The van der Waals surface area contributed by atoms with Crippen molar-refractivity contribution in [3.05, 3.63) is 124 Å². The van der Waals surface area contributed by atoms with Gasteiger partial charge in [0.05, 0.1) is 28.5 Å². The highest BCUT2D eigenvalue weighted by atomic mass is 16.6. The van der Waals surface area contributed by atoms with Gasteiger partial charge in [-0.25, -0.2) is 4.90 Å². The minimum absolute atomic E-state index is 0.129. The number of carbonyl (C=O) groups is 3. The van der Waals surface area contributed by atoms with Gasteiger partial charge in [-0.1, -0.05) is 72.8 Å². The number of nitro groups is 1. The van der Waals surface area contributed by atoms with Gasteiger partial charge in [-0.05, 0) is 28.7 Å². The second-order valence-electron chi connectivity index (χ2n) is 10.0. The first-order valence-corrected chi connectivity index (χ1v) is 12.6. The van der Waals surface area contributed by atoms with Crippen molar-refractivity contribution in [2.45, 2.75) is 12.1 Å². The summed E-state index contributed by atoms with van der Waals surface area (Å²) in [6.45, 7) is 0. The second-order valence-corrected chi connectivity index (χ2v) is 10.0. The van der Waals surface area contributed by atoms with E-state index in [1.54, 1.807) is 17.2 Å². The van der Waals surface area contributed by atoms with Crippen LogP contribution in [0.15, 0.2) is 97.2 Å². The molecule has 2 saturated heterocycles. The number of imide groups is 1. The van der Waals surface area contributed by atoms with Gasteiger partial charge >= 0.3 is 0 Å². The van der Waals surface area contributed by atoms with Crippen molar-refractivity contribution < 1.29 is 19.3 Å². The van der Waals surface area contributed by atoms with Gasteiger partial charge in [0.15, 0.2) is 5.78 Å². The first kappa shape index (κ1) is 23.0. The highest BCUT2D eigenvalue weighted by Gasteiger charge is 2.64. The number of carbonyl (C=O) groups excluding carboxylic acids is 3. The van der Waals surface area contributed by atoms with Crippen molar-refractivity contribution >= 4 is 45.8 Å². The van der Waals surface area contributed by atoms with Crippen LogP contribution < -0.4 is 4.90 Å². The zero-order valence-electron chi connectivity index (χ0n) is 20.5. The molecule has 0 N–H and O–H groups in total. The molecule has 3 aliphatic rings. The molecule has 0 unspecified atom stereocenters. The molecule has 0 aliphatic carbocycles. The molecule has 4 aromatic rings. The number of benzene rings is 4. The SMILES string of the molecule is O=C(c1cccc([N+](=O)[O-])c1)[C@@H]1[C@@H]2C(=O)N(c3cccc4ccccc34)C(=O)[C@@H]2[C@@H]2c3ccccc3C=CN12. The lowest BCUT2D eigenvalue weighted by Crippen LogP contribution is -2.44. The van der Waals surface area contributed by atoms with Gasteiger partial charge in [-0.3, -0.25) is 24.5 Å². The van der Waals surface area contributed by atoms with E-state index in [0.29, 0.717) is 5.69 Å². The van der Waals surface area contributed by atoms with Gasteiger partial charge in [-0.15, -0.1) is 0 Å². The minimum atomic E-state index is -0.997. The topological polar surface area (TPSA) is 101 Å². The Morgan fingerprint density at radius 2 is 1.54 bits per heavy atom. The highest BCUT2D eigenvalue weighted by molar-refractivity contribution is 6.27. The summed E-state index contributed by atoms with van der Waals surface area (Å²) in [6.07, 6.45) is 3.64. The van der Waals surface area contributed by atoms with Gasteiger partial charge in [0.25, 0.3) is 5.69 Å². The van der Waals surface area contributed by atoms with Gasteiger partial charge in [0.1, 0.15) is 6.04 Å². The predicted molar refractivity (Wildman–Crippen MR) is 145 cm³/mol. The van der Waals surface area contributed by atoms with E-state index in [0.717, 1.165) is 21.9 Å². The van der Waals surface area contributed by atoms with E-state index in [4.69, 9.17) is 0 Å². The summed E-state index contributed by atoms with van der Waals surface area (Å²) in [7, 11) is 0. The maximum atomic E-state index is 14.2. The van der Waals surface area contributed by atoms with Gasteiger partial charge in [0, 0.05) is 29.3 Å². The molecule has 190 valence electrons. The van der Waals surface area contributed by atoms with Crippen LogP contribution in [0.5, 0.6) is 0 Å². The Kier molecular flexibility index (Phi) is 5.00. The van der Waals surface area contributed by atoms with Crippen molar-refractivity contribution in [2.75, 3.05) is 4.90 Å². The molecule has 0 radical (unpaired) electrons. The first-order chi connectivity index (χ1) is 19.0. The number of rotatable bonds is 4. The molecule has 8 nitrogen and oxygen atoms in total. The van der Waals surface area contributed by atoms with E-state index in [-0.39, 0.29) is 17.2 Å². The molecule has 0 aromatic heterocycles. The van der Waals surface area contributed by atoms with Crippen LogP contribution in [0.3, 0.4) is 0 Å². The standard InChI is InChI=1S/C31H21N3O5/c35-29(20-10-5-11-21(17-20)34(38)39)28-26-25(27-23-13-4-2-8-19(23)15-16-32(27)28)30(36)33(31(26)37)24-14-6-9-18-7-1-3-12-22(18)24/h1-17,25-28H/t25-,26+,27-,28-/m0/s1. The fraction of sp³-hybridized carbons (Fsp3) is 0.129. The molecule has 7 rings (SSSR count). The number of nitrogens with zero attached hydrogens (tertiary/aromatic N) is 3. The van der Waals surface area contributed by atoms with Crippen molar-refractivity contribution in [3.63, 3.8) is 0 Å². The fourth-order valence-corrected chi connectivity index (χ4v) is 6.44. The molecule has 2 amide bonds. The summed E-state index contributed by atoms with van der Waals surface area (Å²) in [5.74, 6) is -2.97. The Morgan fingerprint density at radius 3 is 2.38 bits per heavy atom. The normalized spacial score (nSPS) is 23.1. The summed E-state index contributed by atoms with van der Waals surface area (Å²) < 4.78 is 0. The molecule has 39 heavy (non-hydrogen) atoms. The Hall–Kier alpha value is -5.11. The molecule has 0 bridgehead atoms. The number of hydrogen-bond donors (Lipinski definition) is 0. The molecule has 8 heteroatoms. The zero-order valence-corrected chi connectivity index (χ0v) is 20.5. The fourth-order valence-electron chi connectivity index (χ4n) is 6.44. The van der Waals surface area contributed by atoms with Crippen LogP contribution >= 0.6 is 0 Å². The van der Waals surface area contributed by atoms with E-state index in [1.807, 2.05) is 66.7 Å². The highest BCUT2D eigenvalue weighted by Crippen LogP contribution is 2.54. The number of hydrogen-bond acceptors (Lipinski definition) is 6. The number of ketones is 1. The third-order valence-electron chi connectivity index (χ3n) is 8.08. The van der Waals surface area contributed by atoms with E-state index >= 15 is 0 Å². The summed E-state index contributed by atoms with van der Waals surface area (Å²) in [5.41, 5.74) is 2.20. The maximum Gasteiger partial charge on any atom is 0.270 e. The zero-order chi connectivity index (χ0) is 26.8. The average Bonchev–Trinajstić information content (AvgIpc) is 3.44. The third kappa shape index (κ3) is 3.28. The quantitative estimate of drug-likeness (QED) is 0.161. The largest absolute Gasteiger partial charge is 0.358 e. The van der Waals surface area contributed by atoms with Crippen molar-refractivity contribution in [1.82, 2.24) is 4.90 Å². The van der Waals surface area contributed by atoms with Crippen LogP contribution in [-0.2, 0) is 9.59 Å². The number of nitro benzene ring substituents is 1. The number of Topliss-reactive ketones (excluding diaryl/α,β-unsaturated/α-hetero) is 1.